The highest BCUT2D eigenvalue weighted by Crippen LogP contribution is 2.31. The van der Waals surface area contributed by atoms with E-state index in [-0.39, 0.29) is 5.92 Å². The first kappa shape index (κ1) is 15.3. The lowest BCUT2D eigenvalue weighted by atomic mass is 10.1. The van der Waals surface area contributed by atoms with Gasteiger partial charge in [-0.25, -0.2) is 14.5 Å². The first-order valence-electron chi connectivity index (χ1n) is 7.76. The molecule has 6 heteroatoms. The van der Waals surface area contributed by atoms with Crippen LogP contribution in [0.3, 0.4) is 0 Å². The van der Waals surface area contributed by atoms with Gasteiger partial charge < -0.3 is 10.5 Å². The Bertz CT molecular complexity index is 854. The molecule has 23 heavy (non-hydrogen) atoms. The molecule has 120 valence electrons. The van der Waals surface area contributed by atoms with Crippen molar-refractivity contribution in [3.05, 3.63) is 35.9 Å². The first-order valence-corrected chi connectivity index (χ1v) is 7.76. The van der Waals surface area contributed by atoms with Gasteiger partial charge in [-0.15, -0.1) is 0 Å². The molecule has 0 unspecified atom stereocenters. The van der Waals surface area contributed by atoms with Gasteiger partial charge in [0.05, 0.1) is 29.2 Å². The SMILES string of the molecule is CCOc1ncccc1-c1cc(N)c2c(C(C)C)nc(C)n2n1. The third-order valence-corrected chi connectivity index (χ3v) is 3.69. The lowest BCUT2D eigenvalue weighted by molar-refractivity contribution is 0.328. The average Bonchev–Trinajstić information content (AvgIpc) is 2.86. The zero-order valence-electron chi connectivity index (χ0n) is 13.9. The first-order chi connectivity index (χ1) is 11.0. The van der Waals surface area contributed by atoms with E-state index in [0.717, 1.165) is 28.3 Å². The highest BCUT2D eigenvalue weighted by molar-refractivity contribution is 5.78. The fourth-order valence-electron chi connectivity index (χ4n) is 2.66. The number of nitrogens with two attached hydrogens (primary N) is 1. The Kier molecular flexibility index (Phi) is 3.90. The summed E-state index contributed by atoms with van der Waals surface area (Å²) in [6.07, 6.45) is 1.70. The maximum atomic E-state index is 6.31. The van der Waals surface area contributed by atoms with Crippen molar-refractivity contribution < 1.29 is 4.74 Å². The summed E-state index contributed by atoms with van der Waals surface area (Å²) in [4.78, 5) is 8.90. The summed E-state index contributed by atoms with van der Waals surface area (Å²) in [7, 11) is 0. The topological polar surface area (TPSA) is 78.3 Å². The zero-order chi connectivity index (χ0) is 16.6. The fourth-order valence-corrected chi connectivity index (χ4v) is 2.66. The van der Waals surface area contributed by atoms with Crippen molar-refractivity contribution >= 4 is 11.2 Å². The van der Waals surface area contributed by atoms with Gasteiger partial charge in [-0.1, -0.05) is 13.8 Å². The third-order valence-electron chi connectivity index (χ3n) is 3.69. The largest absolute Gasteiger partial charge is 0.477 e. The van der Waals surface area contributed by atoms with Crippen LogP contribution in [0.15, 0.2) is 24.4 Å². The van der Waals surface area contributed by atoms with E-state index in [1.807, 2.05) is 36.6 Å². The summed E-state index contributed by atoms with van der Waals surface area (Å²) in [5, 5.41) is 4.71. The number of nitrogen functional groups attached to an aromatic ring is 1. The van der Waals surface area contributed by atoms with Crippen molar-refractivity contribution in [3.63, 3.8) is 0 Å². The van der Waals surface area contributed by atoms with Crippen LogP contribution in [-0.4, -0.2) is 26.2 Å². The van der Waals surface area contributed by atoms with Gasteiger partial charge in [0.1, 0.15) is 11.3 Å². The number of anilines is 1. The minimum atomic E-state index is 0.283. The van der Waals surface area contributed by atoms with Gasteiger partial charge in [0.15, 0.2) is 0 Å². The second-order valence-electron chi connectivity index (χ2n) is 5.73. The number of nitrogens with zero attached hydrogens (tertiary/aromatic N) is 4. The summed E-state index contributed by atoms with van der Waals surface area (Å²) in [6.45, 7) is 8.61. The lowest BCUT2D eigenvalue weighted by Crippen LogP contribution is -2.03. The number of hydrogen-bond acceptors (Lipinski definition) is 5. The molecule has 2 N–H and O–H groups in total. The van der Waals surface area contributed by atoms with Crippen LogP contribution in [-0.2, 0) is 0 Å². The Morgan fingerprint density at radius 1 is 1.35 bits per heavy atom. The van der Waals surface area contributed by atoms with E-state index < -0.39 is 0 Å². The number of imidazole rings is 1. The van der Waals surface area contributed by atoms with Crippen molar-refractivity contribution in [1.82, 2.24) is 19.6 Å². The third kappa shape index (κ3) is 2.60. The monoisotopic (exact) mass is 311 g/mol. The number of hydrogen-bond donors (Lipinski definition) is 1. The molecule has 0 saturated heterocycles. The lowest BCUT2D eigenvalue weighted by Gasteiger charge is -2.10. The molecule has 0 aromatic carbocycles. The fraction of sp³-hybridized carbons (Fsp3) is 0.353. The van der Waals surface area contributed by atoms with Gasteiger partial charge in [-0.2, -0.15) is 5.10 Å². The number of fused-ring (bicyclic) bond motifs is 1. The predicted octanol–water partition coefficient (Wildman–Crippen LogP) is 3.20. The highest BCUT2D eigenvalue weighted by atomic mass is 16.5. The number of aromatic nitrogens is 4. The molecule has 0 aliphatic carbocycles. The molecule has 3 heterocycles. The Labute approximate surface area is 135 Å². The average molecular weight is 311 g/mol. The molecule has 0 fully saturated rings. The quantitative estimate of drug-likeness (QED) is 0.800. The van der Waals surface area contributed by atoms with Crippen molar-refractivity contribution in [2.24, 2.45) is 0 Å². The van der Waals surface area contributed by atoms with Crippen LogP contribution in [0.5, 0.6) is 5.88 Å². The van der Waals surface area contributed by atoms with Crippen LogP contribution in [0.2, 0.25) is 0 Å². The molecule has 6 nitrogen and oxygen atoms in total. The van der Waals surface area contributed by atoms with E-state index in [1.54, 1.807) is 6.20 Å². The molecule has 0 aliphatic heterocycles. The highest BCUT2D eigenvalue weighted by Gasteiger charge is 2.18. The van der Waals surface area contributed by atoms with Crippen LogP contribution in [0.25, 0.3) is 16.8 Å². The van der Waals surface area contributed by atoms with E-state index in [1.165, 1.54) is 0 Å². The summed E-state index contributed by atoms with van der Waals surface area (Å²) in [5.74, 6) is 1.66. The van der Waals surface area contributed by atoms with Gasteiger partial charge in [-0.3, -0.25) is 0 Å². The molecule has 0 atom stereocenters. The molecule has 3 rings (SSSR count). The van der Waals surface area contributed by atoms with Gasteiger partial charge >= 0.3 is 0 Å². The van der Waals surface area contributed by atoms with Gasteiger partial charge in [0.25, 0.3) is 0 Å². The van der Waals surface area contributed by atoms with Crippen LogP contribution in [0, 0.1) is 6.92 Å². The molecule has 0 spiro atoms. The molecule has 3 aromatic rings. The standard InChI is InChI=1S/C17H21N5O/c1-5-23-17-12(7-6-8-19-17)14-9-13(18)16-15(10(2)3)20-11(4)22(16)21-14/h6-10H,5,18H2,1-4H3. The Morgan fingerprint density at radius 3 is 2.83 bits per heavy atom. The number of aryl methyl sites for hydroxylation is 1. The normalized spacial score (nSPS) is 11.3. The van der Waals surface area contributed by atoms with Gasteiger partial charge in [0.2, 0.25) is 5.88 Å². The Balaban J connectivity index is 2.24. The van der Waals surface area contributed by atoms with E-state index in [2.05, 4.69) is 23.8 Å². The number of pyridine rings is 1. The second kappa shape index (κ2) is 5.87. The van der Waals surface area contributed by atoms with Crippen LogP contribution < -0.4 is 10.5 Å². The van der Waals surface area contributed by atoms with Crippen molar-refractivity contribution in [2.45, 2.75) is 33.6 Å². The maximum absolute atomic E-state index is 6.31. The summed E-state index contributed by atoms with van der Waals surface area (Å²) < 4.78 is 7.41. The Morgan fingerprint density at radius 2 is 2.13 bits per heavy atom. The van der Waals surface area contributed by atoms with E-state index in [9.17, 15) is 0 Å². The molecule has 0 amide bonds. The zero-order valence-corrected chi connectivity index (χ0v) is 13.9. The number of rotatable bonds is 4. The summed E-state index contributed by atoms with van der Waals surface area (Å²) >= 11 is 0. The summed E-state index contributed by atoms with van der Waals surface area (Å²) in [5.41, 5.74) is 10.4. The summed E-state index contributed by atoms with van der Waals surface area (Å²) in [6, 6.07) is 5.66. The Hall–Kier alpha value is -2.63. The molecule has 0 radical (unpaired) electrons. The van der Waals surface area contributed by atoms with Crippen molar-refractivity contribution in [2.75, 3.05) is 12.3 Å². The minimum absolute atomic E-state index is 0.283. The van der Waals surface area contributed by atoms with E-state index >= 15 is 0 Å². The van der Waals surface area contributed by atoms with Crippen molar-refractivity contribution in [1.29, 1.82) is 0 Å². The van der Waals surface area contributed by atoms with Gasteiger partial charge in [-0.05, 0) is 38.0 Å². The van der Waals surface area contributed by atoms with Crippen LogP contribution in [0.4, 0.5) is 5.69 Å². The molecular formula is C17H21N5O. The molecule has 0 bridgehead atoms. The predicted molar refractivity (Wildman–Crippen MR) is 90.6 cm³/mol. The van der Waals surface area contributed by atoms with Gasteiger partial charge in [0, 0.05) is 6.20 Å². The molecule has 0 saturated carbocycles. The van der Waals surface area contributed by atoms with E-state index in [4.69, 9.17) is 15.6 Å². The number of ether oxygens (including phenoxy) is 1. The second-order valence-corrected chi connectivity index (χ2v) is 5.73. The smallest absolute Gasteiger partial charge is 0.222 e. The van der Waals surface area contributed by atoms with E-state index in [0.29, 0.717) is 18.2 Å². The molecule has 3 aromatic heterocycles. The van der Waals surface area contributed by atoms with Crippen LogP contribution in [0.1, 0.15) is 38.2 Å². The van der Waals surface area contributed by atoms with Crippen molar-refractivity contribution in [3.8, 4) is 17.1 Å². The minimum Gasteiger partial charge on any atom is -0.477 e. The molecular weight excluding hydrogens is 290 g/mol. The maximum Gasteiger partial charge on any atom is 0.222 e. The van der Waals surface area contributed by atoms with Crippen LogP contribution >= 0.6 is 0 Å². The molecule has 0 aliphatic rings.